The van der Waals surface area contributed by atoms with E-state index in [9.17, 15) is 14.9 Å². The minimum absolute atomic E-state index is 0.0419. The van der Waals surface area contributed by atoms with Gasteiger partial charge in [-0.2, -0.15) is 0 Å². The second kappa shape index (κ2) is 7.86. The number of benzene rings is 1. The third kappa shape index (κ3) is 4.41. The first-order valence-electron chi connectivity index (χ1n) is 8.70. The molecular weight excluding hydrogens is 346 g/mol. The van der Waals surface area contributed by atoms with Crippen LogP contribution in [0.25, 0.3) is 5.65 Å². The van der Waals surface area contributed by atoms with Crippen molar-refractivity contribution in [2.75, 3.05) is 11.9 Å². The number of hydrogen-bond donors (Lipinski definition) is 2. The average molecular weight is 367 g/mol. The van der Waals surface area contributed by atoms with Gasteiger partial charge in [0, 0.05) is 43.0 Å². The van der Waals surface area contributed by atoms with E-state index >= 15 is 0 Å². The monoisotopic (exact) mass is 367 g/mol. The van der Waals surface area contributed by atoms with Crippen LogP contribution in [-0.4, -0.2) is 32.8 Å². The average Bonchev–Trinajstić information content (AvgIpc) is 3.03. The quantitative estimate of drug-likeness (QED) is 0.494. The molecule has 0 saturated heterocycles. The number of aromatic nitrogens is 2. The van der Waals surface area contributed by atoms with Gasteiger partial charge in [0.1, 0.15) is 11.3 Å². The van der Waals surface area contributed by atoms with Gasteiger partial charge in [0.25, 0.3) is 11.6 Å². The van der Waals surface area contributed by atoms with Gasteiger partial charge in [-0.25, -0.2) is 4.98 Å². The van der Waals surface area contributed by atoms with E-state index in [0.717, 1.165) is 11.3 Å². The number of carbonyl (C=O) groups is 1. The molecule has 2 aromatic heterocycles. The van der Waals surface area contributed by atoms with Crippen LogP contribution >= 0.6 is 0 Å². The Morgan fingerprint density at radius 2 is 2.11 bits per heavy atom. The summed E-state index contributed by atoms with van der Waals surface area (Å²) in [7, 11) is 0. The van der Waals surface area contributed by atoms with Gasteiger partial charge in [0.15, 0.2) is 0 Å². The molecule has 0 saturated carbocycles. The smallest absolute Gasteiger partial charge is 0.293 e. The van der Waals surface area contributed by atoms with Crippen LogP contribution in [0.2, 0.25) is 0 Å². The fourth-order valence-electron chi connectivity index (χ4n) is 2.75. The molecule has 1 amide bonds. The molecule has 8 heteroatoms. The second-order valence-corrected chi connectivity index (χ2v) is 6.49. The third-order valence-corrected chi connectivity index (χ3v) is 3.99. The SMILES string of the molecule is CC(C)NC(=O)c1ccc(NCCc2cn3ccccc3n2)c([N+](=O)[O-])c1. The topological polar surface area (TPSA) is 102 Å². The predicted octanol–water partition coefficient (Wildman–Crippen LogP) is 3.04. The number of hydrogen-bond acceptors (Lipinski definition) is 5. The molecule has 140 valence electrons. The van der Waals surface area contributed by atoms with Crippen molar-refractivity contribution in [3.05, 3.63) is 70.2 Å². The summed E-state index contributed by atoms with van der Waals surface area (Å²) in [5.41, 5.74) is 2.27. The molecule has 8 nitrogen and oxygen atoms in total. The maximum atomic E-state index is 12.1. The number of imidazole rings is 1. The Morgan fingerprint density at radius 3 is 2.81 bits per heavy atom. The Bertz CT molecular complexity index is 947. The van der Waals surface area contributed by atoms with E-state index < -0.39 is 4.92 Å². The first-order chi connectivity index (χ1) is 12.9. The highest BCUT2D eigenvalue weighted by Gasteiger charge is 2.18. The van der Waals surface area contributed by atoms with Crippen molar-refractivity contribution >= 4 is 22.9 Å². The van der Waals surface area contributed by atoms with Crippen molar-refractivity contribution in [2.24, 2.45) is 0 Å². The van der Waals surface area contributed by atoms with Crippen molar-refractivity contribution < 1.29 is 9.72 Å². The van der Waals surface area contributed by atoms with Crippen LogP contribution in [0.1, 0.15) is 29.9 Å². The molecule has 0 radical (unpaired) electrons. The Balaban J connectivity index is 1.70. The van der Waals surface area contributed by atoms with Crippen LogP contribution in [0.5, 0.6) is 0 Å². The molecule has 2 N–H and O–H groups in total. The first kappa shape index (κ1) is 18.4. The largest absolute Gasteiger partial charge is 0.379 e. The van der Waals surface area contributed by atoms with Crippen molar-refractivity contribution in [1.82, 2.24) is 14.7 Å². The minimum atomic E-state index is -0.487. The molecule has 27 heavy (non-hydrogen) atoms. The highest BCUT2D eigenvalue weighted by atomic mass is 16.6. The van der Waals surface area contributed by atoms with E-state index in [1.807, 2.05) is 48.8 Å². The summed E-state index contributed by atoms with van der Waals surface area (Å²) >= 11 is 0. The van der Waals surface area contributed by atoms with Crippen LogP contribution in [0.3, 0.4) is 0 Å². The molecule has 3 rings (SSSR count). The van der Waals surface area contributed by atoms with Gasteiger partial charge in [-0.05, 0) is 38.1 Å². The molecule has 0 aliphatic rings. The number of nitro groups is 1. The van der Waals surface area contributed by atoms with Crippen LogP contribution in [-0.2, 0) is 6.42 Å². The van der Waals surface area contributed by atoms with Crippen molar-refractivity contribution in [1.29, 1.82) is 0 Å². The van der Waals surface area contributed by atoms with Gasteiger partial charge in [-0.15, -0.1) is 0 Å². The maximum Gasteiger partial charge on any atom is 0.293 e. The fraction of sp³-hybridized carbons (Fsp3) is 0.263. The highest BCUT2D eigenvalue weighted by molar-refractivity contribution is 5.95. The van der Waals surface area contributed by atoms with Crippen molar-refractivity contribution in [2.45, 2.75) is 26.3 Å². The van der Waals surface area contributed by atoms with E-state index in [1.54, 1.807) is 12.1 Å². The number of nitrogens with one attached hydrogen (secondary N) is 2. The lowest BCUT2D eigenvalue weighted by atomic mass is 10.1. The molecule has 3 aromatic rings. The molecule has 2 heterocycles. The summed E-state index contributed by atoms with van der Waals surface area (Å²) in [6, 6.07) is 10.2. The molecule has 1 aromatic carbocycles. The summed E-state index contributed by atoms with van der Waals surface area (Å²) < 4.78 is 1.93. The Kier molecular flexibility index (Phi) is 5.35. The summed E-state index contributed by atoms with van der Waals surface area (Å²) in [6.45, 7) is 4.16. The number of rotatable bonds is 7. The fourth-order valence-corrected chi connectivity index (χ4v) is 2.75. The lowest BCUT2D eigenvalue weighted by Crippen LogP contribution is -2.30. The molecule has 0 aliphatic heterocycles. The van der Waals surface area contributed by atoms with Crippen molar-refractivity contribution in [3.63, 3.8) is 0 Å². The molecule has 0 bridgehead atoms. The second-order valence-electron chi connectivity index (χ2n) is 6.49. The first-order valence-corrected chi connectivity index (χ1v) is 8.70. The maximum absolute atomic E-state index is 12.1. The molecule has 0 atom stereocenters. The zero-order valence-electron chi connectivity index (χ0n) is 15.2. The molecule has 0 aliphatic carbocycles. The summed E-state index contributed by atoms with van der Waals surface area (Å²) in [5.74, 6) is -0.329. The number of carbonyl (C=O) groups excluding carboxylic acids is 1. The van der Waals surface area contributed by atoms with E-state index in [4.69, 9.17) is 0 Å². The van der Waals surface area contributed by atoms with Crippen LogP contribution in [0.4, 0.5) is 11.4 Å². The van der Waals surface area contributed by atoms with E-state index in [-0.39, 0.29) is 23.2 Å². The number of nitrogens with zero attached hydrogens (tertiary/aromatic N) is 3. The Labute approximate surface area is 156 Å². The van der Waals surface area contributed by atoms with Crippen LogP contribution < -0.4 is 10.6 Å². The lowest BCUT2D eigenvalue weighted by Gasteiger charge is -2.10. The molecular formula is C19H21N5O3. The minimum Gasteiger partial charge on any atom is -0.379 e. The van der Waals surface area contributed by atoms with Gasteiger partial charge < -0.3 is 15.0 Å². The standard InChI is InChI=1S/C19H21N5O3/c1-13(2)21-19(25)14-6-7-16(17(11-14)24(26)27)20-9-8-15-12-23-10-4-3-5-18(23)22-15/h3-7,10-13,20H,8-9H2,1-2H3,(H,21,25). The Hall–Kier alpha value is -3.42. The third-order valence-electron chi connectivity index (χ3n) is 3.99. The van der Waals surface area contributed by atoms with E-state index in [2.05, 4.69) is 15.6 Å². The zero-order valence-corrected chi connectivity index (χ0v) is 15.2. The van der Waals surface area contributed by atoms with E-state index in [0.29, 0.717) is 18.7 Å². The zero-order chi connectivity index (χ0) is 19.4. The predicted molar refractivity (Wildman–Crippen MR) is 103 cm³/mol. The Morgan fingerprint density at radius 1 is 1.30 bits per heavy atom. The summed E-state index contributed by atoms with van der Waals surface area (Å²) in [4.78, 5) is 27.5. The van der Waals surface area contributed by atoms with Gasteiger partial charge in [-0.3, -0.25) is 14.9 Å². The number of fused-ring (bicyclic) bond motifs is 1. The van der Waals surface area contributed by atoms with Crippen LogP contribution in [0, 0.1) is 10.1 Å². The number of anilines is 1. The summed E-state index contributed by atoms with van der Waals surface area (Å²) in [5, 5.41) is 17.2. The van der Waals surface area contributed by atoms with Crippen LogP contribution in [0.15, 0.2) is 48.8 Å². The number of amides is 1. The normalized spacial score (nSPS) is 10.9. The van der Waals surface area contributed by atoms with Crippen molar-refractivity contribution in [3.8, 4) is 0 Å². The molecule has 0 unspecified atom stereocenters. The molecule has 0 fully saturated rings. The highest BCUT2D eigenvalue weighted by Crippen LogP contribution is 2.25. The van der Waals surface area contributed by atoms with E-state index in [1.165, 1.54) is 6.07 Å². The van der Waals surface area contributed by atoms with Gasteiger partial charge in [-0.1, -0.05) is 6.07 Å². The summed E-state index contributed by atoms with van der Waals surface area (Å²) in [6.07, 6.45) is 4.48. The lowest BCUT2D eigenvalue weighted by molar-refractivity contribution is -0.384. The number of nitro benzene ring substituents is 1. The van der Waals surface area contributed by atoms with Gasteiger partial charge >= 0.3 is 0 Å². The molecule has 0 spiro atoms. The van der Waals surface area contributed by atoms with Gasteiger partial charge in [0.2, 0.25) is 0 Å². The number of pyridine rings is 1. The van der Waals surface area contributed by atoms with Gasteiger partial charge in [0.05, 0.1) is 10.6 Å².